The van der Waals surface area contributed by atoms with Crippen LogP contribution in [0.25, 0.3) is 0 Å². The van der Waals surface area contributed by atoms with Crippen LogP contribution in [0.2, 0.25) is 0 Å². The maximum atomic E-state index is 12.3. The predicted octanol–water partition coefficient (Wildman–Crippen LogP) is 1.74. The van der Waals surface area contributed by atoms with Crippen molar-refractivity contribution in [2.24, 2.45) is 4.99 Å². The highest BCUT2D eigenvalue weighted by Crippen LogP contribution is 2.07. The standard InChI is InChI=1S/C19H30N4O3/c1-6-20-19(22(4)14-17(24)23(7-2)8-3)21-13-15-9-11-16(12-10-15)18(25)26-5/h9-12H,6-8,13-14H2,1-5H3,(H,20,21). The van der Waals surface area contributed by atoms with Crippen molar-refractivity contribution >= 4 is 17.8 Å². The van der Waals surface area contributed by atoms with Gasteiger partial charge < -0.3 is 19.9 Å². The van der Waals surface area contributed by atoms with Crippen LogP contribution in [-0.2, 0) is 16.1 Å². The molecule has 0 spiro atoms. The number of nitrogens with zero attached hydrogens (tertiary/aromatic N) is 3. The number of ether oxygens (including phenoxy) is 1. The minimum absolute atomic E-state index is 0.0746. The van der Waals surface area contributed by atoms with Gasteiger partial charge >= 0.3 is 5.97 Å². The van der Waals surface area contributed by atoms with E-state index in [1.165, 1.54) is 7.11 Å². The molecular formula is C19H30N4O3. The molecule has 26 heavy (non-hydrogen) atoms. The number of nitrogens with one attached hydrogen (secondary N) is 1. The molecule has 7 heteroatoms. The van der Waals surface area contributed by atoms with Crippen molar-refractivity contribution in [1.29, 1.82) is 0 Å². The quantitative estimate of drug-likeness (QED) is 0.433. The first-order valence-corrected chi connectivity index (χ1v) is 8.91. The molecule has 144 valence electrons. The molecule has 0 aliphatic carbocycles. The van der Waals surface area contributed by atoms with Gasteiger partial charge in [0, 0.05) is 26.7 Å². The van der Waals surface area contributed by atoms with Crippen LogP contribution in [0.3, 0.4) is 0 Å². The maximum absolute atomic E-state index is 12.3. The van der Waals surface area contributed by atoms with E-state index in [1.54, 1.807) is 17.0 Å². The number of likely N-dealkylation sites (N-methyl/N-ethyl adjacent to an activating group) is 2. The first kappa shape index (κ1) is 21.5. The maximum Gasteiger partial charge on any atom is 0.337 e. The Balaban J connectivity index is 2.78. The third kappa shape index (κ3) is 6.38. The molecule has 1 aromatic rings. The molecule has 0 saturated heterocycles. The van der Waals surface area contributed by atoms with Crippen LogP contribution in [-0.4, -0.2) is 68.0 Å². The molecular weight excluding hydrogens is 332 g/mol. The van der Waals surface area contributed by atoms with E-state index in [0.29, 0.717) is 37.7 Å². The summed E-state index contributed by atoms with van der Waals surface area (Å²) in [6.45, 7) is 8.76. The van der Waals surface area contributed by atoms with E-state index in [-0.39, 0.29) is 18.4 Å². The predicted molar refractivity (Wildman–Crippen MR) is 103 cm³/mol. The fourth-order valence-corrected chi connectivity index (χ4v) is 2.45. The number of carbonyl (C=O) groups is 2. The fraction of sp³-hybridized carbons (Fsp3) is 0.526. The van der Waals surface area contributed by atoms with Gasteiger partial charge in [0.2, 0.25) is 5.91 Å². The summed E-state index contributed by atoms with van der Waals surface area (Å²) in [7, 11) is 3.21. The van der Waals surface area contributed by atoms with Crippen LogP contribution in [0.5, 0.6) is 0 Å². The van der Waals surface area contributed by atoms with Crippen molar-refractivity contribution in [3.05, 3.63) is 35.4 Å². The van der Waals surface area contributed by atoms with Crippen molar-refractivity contribution in [1.82, 2.24) is 15.1 Å². The number of benzene rings is 1. The molecule has 1 amide bonds. The molecule has 0 heterocycles. The lowest BCUT2D eigenvalue weighted by Gasteiger charge is -2.25. The molecule has 0 saturated carbocycles. The number of hydrogen-bond donors (Lipinski definition) is 1. The molecule has 1 rings (SSSR count). The molecule has 0 aliphatic rings. The Morgan fingerprint density at radius 1 is 1.12 bits per heavy atom. The summed E-state index contributed by atoms with van der Waals surface area (Å²) in [4.78, 5) is 32.0. The number of rotatable bonds is 8. The Hall–Kier alpha value is -2.57. The molecule has 1 N–H and O–H groups in total. The number of hydrogen-bond acceptors (Lipinski definition) is 4. The summed E-state index contributed by atoms with van der Waals surface area (Å²) in [6.07, 6.45) is 0. The average Bonchev–Trinajstić information content (AvgIpc) is 2.65. The zero-order valence-electron chi connectivity index (χ0n) is 16.4. The number of esters is 1. The smallest absolute Gasteiger partial charge is 0.337 e. The Kier molecular flexibility index (Phi) is 9.19. The molecule has 0 radical (unpaired) electrons. The number of aliphatic imine (C=N–C) groups is 1. The summed E-state index contributed by atoms with van der Waals surface area (Å²) < 4.78 is 4.69. The van der Waals surface area contributed by atoms with Gasteiger partial charge in [0.1, 0.15) is 0 Å². The highest BCUT2D eigenvalue weighted by molar-refractivity contribution is 5.89. The van der Waals surface area contributed by atoms with Crippen molar-refractivity contribution < 1.29 is 14.3 Å². The van der Waals surface area contributed by atoms with Gasteiger partial charge in [-0.1, -0.05) is 12.1 Å². The summed E-state index contributed by atoms with van der Waals surface area (Å²) in [5.41, 5.74) is 1.48. The monoisotopic (exact) mass is 362 g/mol. The van der Waals surface area contributed by atoms with Crippen LogP contribution < -0.4 is 5.32 Å². The largest absolute Gasteiger partial charge is 0.465 e. The van der Waals surface area contributed by atoms with Crippen LogP contribution in [0, 0.1) is 0 Å². The lowest BCUT2D eigenvalue weighted by molar-refractivity contribution is -0.131. The van der Waals surface area contributed by atoms with Crippen molar-refractivity contribution in [2.45, 2.75) is 27.3 Å². The fourth-order valence-electron chi connectivity index (χ4n) is 2.45. The molecule has 0 atom stereocenters. The SMILES string of the molecule is CCNC(=NCc1ccc(C(=O)OC)cc1)N(C)CC(=O)N(CC)CC. The van der Waals surface area contributed by atoms with Crippen LogP contribution in [0.1, 0.15) is 36.7 Å². The molecule has 0 aliphatic heterocycles. The van der Waals surface area contributed by atoms with Crippen molar-refractivity contribution in [2.75, 3.05) is 40.3 Å². The Morgan fingerprint density at radius 3 is 2.23 bits per heavy atom. The van der Waals surface area contributed by atoms with Crippen LogP contribution >= 0.6 is 0 Å². The zero-order valence-corrected chi connectivity index (χ0v) is 16.4. The van der Waals surface area contributed by atoms with Gasteiger partial charge in [0.25, 0.3) is 0 Å². The second-order valence-electron chi connectivity index (χ2n) is 5.78. The Morgan fingerprint density at radius 2 is 1.73 bits per heavy atom. The molecule has 0 bridgehead atoms. The highest BCUT2D eigenvalue weighted by Gasteiger charge is 2.15. The second-order valence-corrected chi connectivity index (χ2v) is 5.78. The van der Waals surface area contributed by atoms with E-state index in [9.17, 15) is 9.59 Å². The lowest BCUT2D eigenvalue weighted by atomic mass is 10.1. The third-order valence-electron chi connectivity index (χ3n) is 3.97. The van der Waals surface area contributed by atoms with E-state index >= 15 is 0 Å². The molecule has 7 nitrogen and oxygen atoms in total. The van der Waals surface area contributed by atoms with Gasteiger partial charge in [-0.15, -0.1) is 0 Å². The van der Waals surface area contributed by atoms with Crippen molar-refractivity contribution in [3.63, 3.8) is 0 Å². The summed E-state index contributed by atoms with van der Waals surface area (Å²) in [5.74, 6) is 0.388. The number of amides is 1. The summed E-state index contributed by atoms with van der Waals surface area (Å²) in [5, 5.41) is 3.20. The van der Waals surface area contributed by atoms with Gasteiger partial charge in [-0.2, -0.15) is 0 Å². The van der Waals surface area contributed by atoms with Gasteiger partial charge in [-0.05, 0) is 38.5 Å². The average molecular weight is 362 g/mol. The van der Waals surface area contributed by atoms with Gasteiger partial charge in [0.15, 0.2) is 5.96 Å². The molecule has 0 aromatic heterocycles. The van der Waals surface area contributed by atoms with Gasteiger partial charge in [-0.25, -0.2) is 9.79 Å². The molecule has 0 unspecified atom stereocenters. The molecule has 0 fully saturated rings. The van der Waals surface area contributed by atoms with E-state index in [2.05, 4.69) is 10.3 Å². The van der Waals surface area contributed by atoms with E-state index in [1.807, 2.05) is 44.9 Å². The minimum atomic E-state index is -0.358. The van der Waals surface area contributed by atoms with Crippen LogP contribution in [0.15, 0.2) is 29.3 Å². The number of methoxy groups -OCH3 is 1. The number of carbonyl (C=O) groups excluding carboxylic acids is 2. The Labute approximate surface area is 156 Å². The van der Waals surface area contributed by atoms with E-state index in [0.717, 1.165) is 5.56 Å². The second kappa shape index (κ2) is 11.1. The first-order valence-electron chi connectivity index (χ1n) is 8.91. The first-order chi connectivity index (χ1) is 12.5. The molecule has 1 aromatic carbocycles. The van der Waals surface area contributed by atoms with Crippen LogP contribution in [0.4, 0.5) is 0 Å². The van der Waals surface area contributed by atoms with E-state index in [4.69, 9.17) is 4.74 Å². The van der Waals surface area contributed by atoms with Gasteiger partial charge in [0.05, 0.1) is 25.8 Å². The summed E-state index contributed by atoms with van der Waals surface area (Å²) in [6, 6.07) is 7.13. The van der Waals surface area contributed by atoms with Gasteiger partial charge in [-0.3, -0.25) is 4.79 Å². The zero-order chi connectivity index (χ0) is 19.5. The summed E-state index contributed by atoms with van der Waals surface area (Å²) >= 11 is 0. The van der Waals surface area contributed by atoms with E-state index < -0.39 is 0 Å². The Bertz CT molecular complexity index is 610. The topological polar surface area (TPSA) is 74.2 Å². The highest BCUT2D eigenvalue weighted by atomic mass is 16.5. The van der Waals surface area contributed by atoms with Crippen molar-refractivity contribution in [3.8, 4) is 0 Å². The lowest BCUT2D eigenvalue weighted by Crippen LogP contribution is -2.45. The third-order valence-corrected chi connectivity index (χ3v) is 3.97. The normalized spacial score (nSPS) is 11.0. The minimum Gasteiger partial charge on any atom is -0.465 e. The number of guanidine groups is 1.